The Kier molecular flexibility index (Phi) is 5.06. The average Bonchev–Trinajstić information content (AvgIpc) is 3.15. The van der Waals surface area contributed by atoms with Gasteiger partial charge in [-0.2, -0.15) is 0 Å². The van der Waals surface area contributed by atoms with E-state index in [1.807, 2.05) is 0 Å². The summed E-state index contributed by atoms with van der Waals surface area (Å²) < 4.78 is 2.29. The molecule has 1 fully saturated rings. The van der Waals surface area contributed by atoms with E-state index in [0.717, 1.165) is 45.5 Å². The van der Waals surface area contributed by atoms with Crippen molar-refractivity contribution in [2.75, 3.05) is 6.54 Å². The zero-order chi connectivity index (χ0) is 13.9. The molecule has 1 aromatic heterocycles. The molecule has 1 aliphatic rings. The predicted molar refractivity (Wildman–Crippen MR) is 95.1 cm³/mol. The molecule has 1 saturated carbocycles. The lowest BCUT2D eigenvalue weighted by Crippen LogP contribution is -2.17. The van der Waals surface area contributed by atoms with E-state index in [-0.39, 0.29) is 0 Å². The van der Waals surface area contributed by atoms with Crippen LogP contribution in [0.4, 0.5) is 0 Å². The number of nitrogens with zero attached hydrogens (tertiary/aromatic N) is 2. The number of hydrogen-bond donors (Lipinski definition) is 1. The van der Waals surface area contributed by atoms with Crippen LogP contribution < -0.4 is 5.32 Å². The first-order valence-corrected chi connectivity index (χ1v) is 9.42. The Labute approximate surface area is 144 Å². The largest absolute Gasteiger partial charge is 0.314 e. The molecule has 2 aromatic rings. The summed E-state index contributed by atoms with van der Waals surface area (Å²) in [4.78, 5) is 0. The van der Waals surface area contributed by atoms with Crippen molar-refractivity contribution in [3.63, 3.8) is 0 Å². The van der Waals surface area contributed by atoms with E-state index in [1.165, 1.54) is 16.4 Å². The highest BCUT2D eigenvalue weighted by Gasteiger charge is 2.19. The first-order chi connectivity index (χ1) is 9.72. The van der Waals surface area contributed by atoms with E-state index in [4.69, 9.17) is 0 Å². The maximum atomic E-state index is 4.33. The summed E-state index contributed by atoms with van der Waals surface area (Å²) in [5.74, 6) is 0. The smallest absolute Gasteiger partial charge is 0.148 e. The molecule has 0 saturated heterocycles. The number of halogens is 2. The quantitative estimate of drug-likeness (QED) is 0.513. The summed E-state index contributed by atoms with van der Waals surface area (Å²) in [7, 11) is 0. The van der Waals surface area contributed by atoms with Gasteiger partial charge in [0, 0.05) is 26.1 Å². The lowest BCUT2D eigenvalue weighted by atomic mass is 10.2. The van der Waals surface area contributed by atoms with Gasteiger partial charge in [0.05, 0.1) is 0 Å². The molecular formula is C14H15BrIN3S. The molecule has 106 valence electrons. The molecule has 0 radical (unpaired) electrons. The molecule has 0 bridgehead atoms. The van der Waals surface area contributed by atoms with Gasteiger partial charge >= 0.3 is 0 Å². The minimum atomic E-state index is 0.794. The van der Waals surface area contributed by atoms with Crippen LogP contribution in [0.5, 0.6) is 0 Å². The standard InChI is InChI=1S/C14H15BrIN3S/c15-12-6-3-9(16)8-11(12)14-19-18-13(20-14)2-1-7-17-10-4-5-10/h3,6,8,10,17H,1-2,4-5,7H2. The Morgan fingerprint density at radius 2 is 2.20 bits per heavy atom. The van der Waals surface area contributed by atoms with Gasteiger partial charge in [0.1, 0.15) is 10.0 Å². The Morgan fingerprint density at radius 3 is 3.00 bits per heavy atom. The highest BCUT2D eigenvalue weighted by atomic mass is 127. The van der Waals surface area contributed by atoms with Crippen LogP contribution in [0.1, 0.15) is 24.3 Å². The third-order valence-corrected chi connectivity index (χ3v) is 5.58. The molecule has 1 N–H and O–H groups in total. The van der Waals surface area contributed by atoms with Crippen LogP contribution in [0.25, 0.3) is 10.6 Å². The molecule has 0 aliphatic heterocycles. The molecule has 3 nitrogen and oxygen atoms in total. The Hall–Kier alpha value is -0.0500. The van der Waals surface area contributed by atoms with Gasteiger partial charge in [-0.25, -0.2) is 0 Å². The highest BCUT2D eigenvalue weighted by Crippen LogP contribution is 2.32. The van der Waals surface area contributed by atoms with Crippen LogP contribution >= 0.6 is 49.9 Å². The maximum Gasteiger partial charge on any atom is 0.148 e. The molecule has 0 unspecified atom stereocenters. The Bertz CT molecular complexity index is 598. The van der Waals surface area contributed by atoms with Crippen molar-refractivity contribution in [2.45, 2.75) is 31.7 Å². The summed E-state index contributed by atoms with van der Waals surface area (Å²) in [6.45, 7) is 1.09. The highest BCUT2D eigenvalue weighted by molar-refractivity contribution is 14.1. The van der Waals surface area contributed by atoms with E-state index in [0.29, 0.717) is 0 Å². The first-order valence-electron chi connectivity index (χ1n) is 6.73. The van der Waals surface area contributed by atoms with Gasteiger partial charge in [0.25, 0.3) is 0 Å². The normalized spacial score (nSPS) is 14.7. The number of hydrogen-bond acceptors (Lipinski definition) is 4. The van der Waals surface area contributed by atoms with Crippen LogP contribution in [0.2, 0.25) is 0 Å². The van der Waals surface area contributed by atoms with Gasteiger partial charge in [-0.3, -0.25) is 0 Å². The fourth-order valence-corrected chi connectivity index (χ4v) is 3.93. The van der Waals surface area contributed by atoms with Gasteiger partial charge in [-0.05, 0) is 66.6 Å². The fraction of sp³-hybridized carbons (Fsp3) is 0.429. The van der Waals surface area contributed by atoms with Gasteiger partial charge in [-0.15, -0.1) is 10.2 Å². The van der Waals surface area contributed by atoms with Gasteiger partial charge in [0.2, 0.25) is 0 Å². The predicted octanol–water partition coefficient (Wildman–Crippen LogP) is 4.26. The van der Waals surface area contributed by atoms with E-state index >= 15 is 0 Å². The number of aromatic nitrogens is 2. The van der Waals surface area contributed by atoms with E-state index in [1.54, 1.807) is 11.3 Å². The molecular weight excluding hydrogens is 449 g/mol. The Morgan fingerprint density at radius 1 is 1.35 bits per heavy atom. The van der Waals surface area contributed by atoms with Crippen molar-refractivity contribution < 1.29 is 0 Å². The molecule has 6 heteroatoms. The fourth-order valence-electron chi connectivity index (χ4n) is 1.96. The maximum absolute atomic E-state index is 4.33. The Balaban J connectivity index is 1.61. The average molecular weight is 464 g/mol. The first kappa shape index (κ1) is 14.9. The second kappa shape index (κ2) is 6.81. The van der Waals surface area contributed by atoms with Crippen LogP contribution in [0.15, 0.2) is 22.7 Å². The van der Waals surface area contributed by atoms with E-state index in [9.17, 15) is 0 Å². The van der Waals surface area contributed by atoms with Crippen LogP contribution in [-0.4, -0.2) is 22.8 Å². The number of aryl methyl sites for hydroxylation is 1. The topological polar surface area (TPSA) is 37.8 Å². The SMILES string of the molecule is Brc1ccc(I)cc1-c1nnc(CCCNC2CC2)s1. The second-order valence-corrected chi connectivity index (χ2v) is 8.12. The third kappa shape index (κ3) is 3.99. The molecule has 0 spiro atoms. The van der Waals surface area contributed by atoms with E-state index < -0.39 is 0 Å². The lowest BCUT2D eigenvalue weighted by Gasteiger charge is -2.00. The van der Waals surface area contributed by atoms with E-state index in [2.05, 4.69) is 72.2 Å². The van der Waals surface area contributed by atoms with Crippen molar-refractivity contribution in [1.29, 1.82) is 0 Å². The summed E-state index contributed by atoms with van der Waals surface area (Å²) in [6, 6.07) is 7.09. The number of rotatable bonds is 6. The van der Waals surface area contributed by atoms with Crippen molar-refractivity contribution >= 4 is 49.9 Å². The minimum Gasteiger partial charge on any atom is -0.314 e. The zero-order valence-corrected chi connectivity index (χ0v) is 15.5. The van der Waals surface area contributed by atoms with Crippen LogP contribution in [0.3, 0.4) is 0 Å². The van der Waals surface area contributed by atoms with Crippen molar-refractivity contribution in [3.05, 3.63) is 31.2 Å². The molecule has 3 rings (SSSR count). The second-order valence-electron chi connectivity index (χ2n) is 4.96. The van der Waals surface area contributed by atoms with Gasteiger partial charge in [-0.1, -0.05) is 27.3 Å². The zero-order valence-electron chi connectivity index (χ0n) is 10.9. The van der Waals surface area contributed by atoms with Crippen LogP contribution in [0, 0.1) is 3.57 Å². The summed E-state index contributed by atoms with van der Waals surface area (Å²) in [5.41, 5.74) is 1.14. The van der Waals surface area contributed by atoms with Crippen molar-refractivity contribution in [3.8, 4) is 10.6 Å². The molecule has 0 atom stereocenters. The lowest BCUT2D eigenvalue weighted by molar-refractivity contribution is 0.643. The molecule has 1 aliphatic carbocycles. The molecule has 1 heterocycles. The van der Waals surface area contributed by atoms with Crippen molar-refractivity contribution in [2.24, 2.45) is 0 Å². The molecule has 20 heavy (non-hydrogen) atoms. The molecule has 1 aromatic carbocycles. The monoisotopic (exact) mass is 463 g/mol. The number of nitrogens with one attached hydrogen (secondary N) is 1. The number of benzene rings is 1. The van der Waals surface area contributed by atoms with Gasteiger partial charge in [0.15, 0.2) is 0 Å². The summed E-state index contributed by atoms with van der Waals surface area (Å²) in [6.07, 6.45) is 4.85. The summed E-state index contributed by atoms with van der Waals surface area (Å²) in [5, 5.41) is 14.3. The minimum absolute atomic E-state index is 0.794. The summed E-state index contributed by atoms with van der Waals surface area (Å²) >= 11 is 7.61. The van der Waals surface area contributed by atoms with Crippen LogP contribution in [-0.2, 0) is 6.42 Å². The van der Waals surface area contributed by atoms with Gasteiger partial charge < -0.3 is 5.32 Å². The third-order valence-electron chi connectivity index (χ3n) is 3.20. The molecule has 0 amide bonds. The van der Waals surface area contributed by atoms with Crippen molar-refractivity contribution in [1.82, 2.24) is 15.5 Å².